The molecule has 0 N–H and O–H groups in total. The molecule has 0 aliphatic heterocycles. The molecule has 0 aliphatic carbocycles. The van der Waals surface area contributed by atoms with Gasteiger partial charge >= 0.3 is 5.69 Å². The average molecular weight is 271 g/mol. The fourth-order valence-electron chi connectivity index (χ4n) is 1.43. The Morgan fingerprint density at radius 2 is 2.20 bits per heavy atom. The van der Waals surface area contributed by atoms with Gasteiger partial charge in [0, 0.05) is 12.2 Å². The summed E-state index contributed by atoms with van der Waals surface area (Å²) in [5.74, 6) is 0. The number of allylic oxidation sites excluding steroid dienone is 1. The minimum absolute atomic E-state index is 0.169. The maximum Gasteiger partial charge on any atom is 0.348 e. The van der Waals surface area contributed by atoms with E-state index < -0.39 is 0 Å². The molecule has 0 unspecified atom stereocenters. The molecule has 0 radical (unpaired) electrons. The Balaban J connectivity index is 3.02. The number of halogens is 1. The van der Waals surface area contributed by atoms with E-state index in [4.69, 9.17) is 0 Å². The van der Waals surface area contributed by atoms with Crippen LogP contribution >= 0.6 is 15.9 Å². The van der Waals surface area contributed by atoms with Crippen LogP contribution in [0.15, 0.2) is 21.9 Å². The van der Waals surface area contributed by atoms with Gasteiger partial charge in [-0.3, -0.25) is 4.57 Å². The van der Waals surface area contributed by atoms with Crippen molar-refractivity contribution in [2.45, 2.75) is 33.2 Å². The third-order valence-corrected chi connectivity index (χ3v) is 3.47. The molecule has 0 saturated carbocycles. The molecule has 15 heavy (non-hydrogen) atoms. The second-order valence-corrected chi connectivity index (χ2v) is 4.25. The van der Waals surface area contributed by atoms with E-state index in [9.17, 15) is 4.79 Å². The van der Waals surface area contributed by atoms with Gasteiger partial charge < -0.3 is 0 Å². The maximum absolute atomic E-state index is 11.6. The van der Waals surface area contributed by atoms with Crippen molar-refractivity contribution >= 4 is 15.9 Å². The third-order valence-electron chi connectivity index (χ3n) is 2.32. The normalized spacial score (nSPS) is 10.3. The van der Waals surface area contributed by atoms with E-state index in [1.54, 1.807) is 4.57 Å². The van der Waals surface area contributed by atoms with E-state index >= 15 is 0 Å². The smallest absolute Gasteiger partial charge is 0.295 e. The molecule has 1 rings (SSSR count). The molecule has 3 nitrogen and oxygen atoms in total. The van der Waals surface area contributed by atoms with E-state index in [0.29, 0.717) is 6.54 Å². The lowest BCUT2D eigenvalue weighted by molar-refractivity contribution is 0.592. The van der Waals surface area contributed by atoms with Gasteiger partial charge in [0.25, 0.3) is 0 Å². The van der Waals surface area contributed by atoms with Crippen LogP contribution in [-0.2, 0) is 6.54 Å². The molecule has 0 aromatic carbocycles. The highest BCUT2D eigenvalue weighted by Gasteiger charge is 2.07. The number of unbranched alkanes of at least 4 members (excludes halogenated alkanes) is 1. The number of nitrogens with zero attached hydrogens (tertiary/aromatic N) is 2. The van der Waals surface area contributed by atoms with E-state index in [1.165, 1.54) is 0 Å². The Kier molecular flexibility index (Phi) is 4.27. The zero-order valence-corrected chi connectivity index (χ0v) is 10.7. The van der Waals surface area contributed by atoms with Crippen molar-refractivity contribution < 1.29 is 0 Å². The predicted octanol–water partition coefficient (Wildman–Crippen LogP) is 2.59. The second kappa shape index (κ2) is 5.26. The summed E-state index contributed by atoms with van der Waals surface area (Å²) in [5, 5.41) is 0. The van der Waals surface area contributed by atoms with Crippen molar-refractivity contribution in [3.05, 3.63) is 39.0 Å². The molecule has 0 bridgehead atoms. The van der Waals surface area contributed by atoms with Gasteiger partial charge in [0.2, 0.25) is 0 Å². The highest BCUT2D eigenvalue weighted by Crippen LogP contribution is 2.16. The van der Waals surface area contributed by atoms with Gasteiger partial charge in [-0.1, -0.05) is 6.08 Å². The fraction of sp³-hybridized carbons (Fsp3) is 0.455. The van der Waals surface area contributed by atoms with E-state index in [2.05, 4.69) is 27.5 Å². The molecule has 4 heteroatoms. The van der Waals surface area contributed by atoms with Crippen LogP contribution in [0.3, 0.4) is 0 Å². The van der Waals surface area contributed by atoms with E-state index in [-0.39, 0.29) is 5.69 Å². The summed E-state index contributed by atoms with van der Waals surface area (Å²) in [6.45, 7) is 8.10. The molecular formula is C11H15BrN2O. The first-order valence-corrected chi connectivity index (χ1v) is 5.71. The van der Waals surface area contributed by atoms with Crippen molar-refractivity contribution in [3.8, 4) is 0 Å². The van der Waals surface area contributed by atoms with Crippen molar-refractivity contribution in [1.82, 2.24) is 9.55 Å². The molecule has 1 aromatic rings. The van der Waals surface area contributed by atoms with Crippen LogP contribution in [0.5, 0.6) is 0 Å². The van der Waals surface area contributed by atoms with Crippen molar-refractivity contribution in [3.63, 3.8) is 0 Å². The Bertz CT molecular complexity index is 423. The minimum atomic E-state index is -0.169. The molecular weight excluding hydrogens is 256 g/mol. The van der Waals surface area contributed by atoms with Crippen molar-refractivity contribution in [1.29, 1.82) is 0 Å². The van der Waals surface area contributed by atoms with E-state index in [1.807, 2.05) is 19.9 Å². The van der Waals surface area contributed by atoms with Crippen LogP contribution in [0.1, 0.15) is 24.2 Å². The number of aromatic nitrogens is 2. The maximum atomic E-state index is 11.6. The lowest BCUT2D eigenvalue weighted by Crippen LogP contribution is -2.26. The Morgan fingerprint density at radius 3 is 2.80 bits per heavy atom. The number of aryl methyl sites for hydroxylation is 1. The molecule has 0 atom stereocenters. The van der Waals surface area contributed by atoms with E-state index in [0.717, 1.165) is 28.7 Å². The molecule has 0 aliphatic rings. The zero-order chi connectivity index (χ0) is 11.4. The molecule has 0 spiro atoms. The van der Waals surface area contributed by atoms with Gasteiger partial charge in [0.15, 0.2) is 0 Å². The molecule has 82 valence electrons. The standard InChI is InChI=1S/C11H15BrN2O/c1-4-5-6-7-14-9(3)10(12)8(2)13-11(14)15/h4H,1,5-7H2,2-3H3. The van der Waals surface area contributed by atoms with Gasteiger partial charge in [-0.25, -0.2) is 4.79 Å². The average Bonchev–Trinajstić information content (AvgIpc) is 2.20. The van der Waals surface area contributed by atoms with Crippen molar-refractivity contribution in [2.24, 2.45) is 0 Å². The van der Waals surface area contributed by atoms with Crippen LogP contribution in [-0.4, -0.2) is 9.55 Å². The van der Waals surface area contributed by atoms with Gasteiger partial charge in [0.1, 0.15) is 0 Å². The summed E-state index contributed by atoms with van der Waals surface area (Å²) in [7, 11) is 0. The number of hydrogen-bond acceptors (Lipinski definition) is 2. The van der Waals surface area contributed by atoms with Crippen LogP contribution in [0, 0.1) is 13.8 Å². The summed E-state index contributed by atoms with van der Waals surface area (Å²) in [6.07, 6.45) is 3.69. The molecule has 1 aromatic heterocycles. The number of hydrogen-bond donors (Lipinski definition) is 0. The van der Waals surface area contributed by atoms with Gasteiger partial charge in [-0.05, 0) is 42.6 Å². The lowest BCUT2D eigenvalue weighted by atomic mass is 10.3. The van der Waals surface area contributed by atoms with Crippen LogP contribution in [0.4, 0.5) is 0 Å². The summed E-state index contributed by atoms with van der Waals surface area (Å²) < 4.78 is 2.61. The Hall–Kier alpha value is -0.900. The first-order valence-electron chi connectivity index (χ1n) is 4.92. The Labute approximate surface area is 98.0 Å². The van der Waals surface area contributed by atoms with Crippen molar-refractivity contribution in [2.75, 3.05) is 0 Å². The van der Waals surface area contributed by atoms with Gasteiger partial charge in [0.05, 0.1) is 10.2 Å². The summed E-state index contributed by atoms with van der Waals surface area (Å²) in [6, 6.07) is 0. The molecule has 0 fully saturated rings. The zero-order valence-electron chi connectivity index (χ0n) is 9.09. The summed E-state index contributed by atoms with van der Waals surface area (Å²) in [5.41, 5.74) is 1.52. The SMILES string of the molecule is C=CCCCn1c(C)c(Br)c(C)nc1=O. The van der Waals surface area contributed by atoms with Gasteiger partial charge in [-0.2, -0.15) is 4.98 Å². The minimum Gasteiger partial charge on any atom is -0.295 e. The fourth-order valence-corrected chi connectivity index (χ4v) is 1.74. The highest BCUT2D eigenvalue weighted by atomic mass is 79.9. The second-order valence-electron chi connectivity index (χ2n) is 3.46. The predicted molar refractivity (Wildman–Crippen MR) is 65.1 cm³/mol. The van der Waals surface area contributed by atoms with Crippen LogP contribution in [0.25, 0.3) is 0 Å². The van der Waals surface area contributed by atoms with Gasteiger partial charge in [-0.15, -0.1) is 6.58 Å². The third kappa shape index (κ3) is 2.78. The summed E-state index contributed by atoms with van der Waals surface area (Å²) >= 11 is 3.43. The Morgan fingerprint density at radius 1 is 1.53 bits per heavy atom. The lowest BCUT2D eigenvalue weighted by Gasteiger charge is -2.11. The van der Waals surface area contributed by atoms with Crippen LogP contribution in [0.2, 0.25) is 0 Å². The first kappa shape index (κ1) is 12.2. The number of rotatable bonds is 4. The van der Waals surface area contributed by atoms with Crippen LogP contribution < -0.4 is 5.69 Å². The molecule has 1 heterocycles. The topological polar surface area (TPSA) is 34.9 Å². The molecule has 0 saturated heterocycles. The molecule has 0 amide bonds. The largest absolute Gasteiger partial charge is 0.348 e. The first-order chi connectivity index (χ1) is 7.07. The monoisotopic (exact) mass is 270 g/mol. The quantitative estimate of drug-likeness (QED) is 0.623. The highest BCUT2D eigenvalue weighted by molar-refractivity contribution is 9.10. The summed E-state index contributed by atoms with van der Waals surface area (Å²) in [4.78, 5) is 15.6.